The third-order valence-corrected chi connectivity index (χ3v) is 6.53. The smallest absolute Gasteiger partial charge is 0.271 e. The summed E-state index contributed by atoms with van der Waals surface area (Å²) in [7, 11) is 0. The molecule has 2 heterocycles. The molecule has 30 heavy (non-hydrogen) atoms. The molecule has 1 N–H and O–H groups in total. The van der Waals surface area contributed by atoms with Gasteiger partial charge in [-0.05, 0) is 49.4 Å². The molecule has 0 bridgehead atoms. The minimum Gasteiger partial charge on any atom is -0.346 e. The number of aliphatic hydroxyl groups is 1. The van der Waals surface area contributed by atoms with E-state index in [9.17, 15) is 5.11 Å². The van der Waals surface area contributed by atoms with Crippen LogP contribution in [0.25, 0.3) is 11.1 Å². The molecule has 0 spiro atoms. The number of anilines is 1. The lowest BCUT2D eigenvalue weighted by Crippen LogP contribution is -2.41. The Balaban J connectivity index is 1.53. The van der Waals surface area contributed by atoms with E-state index in [1.165, 1.54) is 41.1 Å². The van der Waals surface area contributed by atoms with Gasteiger partial charge in [-0.15, -0.1) is 0 Å². The Hall–Kier alpha value is -2.91. The molecule has 0 saturated heterocycles. The number of benzene rings is 3. The van der Waals surface area contributed by atoms with Crippen molar-refractivity contribution in [1.29, 1.82) is 0 Å². The van der Waals surface area contributed by atoms with Gasteiger partial charge in [0, 0.05) is 12.0 Å². The minimum atomic E-state index is -1.00. The van der Waals surface area contributed by atoms with Crippen LogP contribution >= 0.6 is 0 Å². The summed E-state index contributed by atoms with van der Waals surface area (Å²) >= 11 is 0. The average Bonchev–Trinajstić information content (AvgIpc) is 2.94. The zero-order valence-corrected chi connectivity index (χ0v) is 17.6. The molecule has 2 aliphatic rings. The second-order valence-corrected chi connectivity index (χ2v) is 8.56. The lowest BCUT2D eigenvalue weighted by atomic mass is 9.98. The van der Waals surface area contributed by atoms with Crippen molar-refractivity contribution in [3.63, 3.8) is 0 Å². The first-order valence-electron chi connectivity index (χ1n) is 11.0. The van der Waals surface area contributed by atoms with Crippen molar-refractivity contribution < 1.29 is 9.68 Å². The van der Waals surface area contributed by atoms with Gasteiger partial charge in [-0.2, -0.15) is 0 Å². The highest BCUT2D eigenvalue weighted by Gasteiger charge is 2.51. The van der Waals surface area contributed by atoms with Crippen LogP contribution in [0, 0.1) is 6.92 Å². The summed E-state index contributed by atoms with van der Waals surface area (Å²) in [5.74, 6) is 1.26. The fourth-order valence-corrected chi connectivity index (χ4v) is 4.84. The molecule has 152 valence electrons. The van der Waals surface area contributed by atoms with Crippen LogP contribution in [0.4, 0.5) is 5.69 Å². The van der Waals surface area contributed by atoms with Gasteiger partial charge >= 0.3 is 0 Å². The van der Waals surface area contributed by atoms with Crippen LogP contribution in [0.15, 0.2) is 78.9 Å². The maximum atomic E-state index is 12.0. The Morgan fingerprint density at radius 3 is 2.23 bits per heavy atom. The molecule has 5 rings (SSSR count). The first-order valence-corrected chi connectivity index (χ1v) is 11.0. The molecule has 3 nitrogen and oxygen atoms in total. The SMILES string of the molecule is Cc1ccc(N2C[C@@](O)(c3ccc(-c4ccccc4)cc3)[N+]3=C2CCCCC3)cc1. The summed E-state index contributed by atoms with van der Waals surface area (Å²) in [5.41, 5.74) is 4.77. The summed E-state index contributed by atoms with van der Waals surface area (Å²) in [6, 6.07) is 27.5. The molecular weight excluding hydrogens is 368 g/mol. The lowest BCUT2D eigenvalue weighted by molar-refractivity contribution is -0.658. The van der Waals surface area contributed by atoms with Gasteiger partial charge in [0.05, 0.1) is 6.54 Å². The number of β-amino-alcohol motifs (C(OH)–C–C–N with tert-alkyl or cyclic N) is 1. The van der Waals surface area contributed by atoms with E-state index >= 15 is 0 Å². The monoisotopic (exact) mass is 397 g/mol. The lowest BCUT2D eigenvalue weighted by Gasteiger charge is -2.24. The zero-order valence-electron chi connectivity index (χ0n) is 17.6. The fourth-order valence-electron chi connectivity index (χ4n) is 4.84. The van der Waals surface area contributed by atoms with E-state index in [4.69, 9.17) is 0 Å². The first kappa shape index (κ1) is 19.1. The van der Waals surface area contributed by atoms with Crippen molar-refractivity contribution in [2.45, 2.75) is 38.3 Å². The number of aryl methyl sites for hydroxylation is 1. The third kappa shape index (κ3) is 3.33. The summed E-state index contributed by atoms with van der Waals surface area (Å²) in [5, 5.41) is 12.0. The molecule has 0 fully saturated rings. The number of hydrogen-bond donors (Lipinski definition) is 1. The molecular formula is C27H29N2O+. The predicted molar refractivity (Wildman–Crippen MR) is 123 cm³/mol. The third-order valence-electron chi connectivity index (χ3n) is 6.53. The Morgan fingerprint density at radius 1 is 0.800 bits per heavy atom. The molecule has 3 heteroatoms. The normalized spacial score (nSPS) is 21.5. The van der Waals surface area contributed by atoms with Gasteiger partial charge in [-0.3, -0.25) is 0 Å². The maximum Gasteiger partial charge on any atom is 0.271 e. The van der Waals surface area contributed by atoms with Crippen molar-refractivity contribution in [2.24, 2.45) is 0 Å². The van der Waals surface area contributed by atoms with Crippen molar-refractivity contribution in [3.05, 3.63) is 90.0 Å². The number of nitrogens with zero attached hydrogens (tertiary/aromatic N) is 2. The maximum absolute atomic E-state index is 12.0. The molecule has 0 radical (unpaired) electrons. The number of rotatable bonds is 3. The minimum absolute atomic E-state index is 0.566. The molecule has 3 aromatic rings. The largest absolute Gasteiger partial charge is 0.346 e. The zero-order chi connectivity index (χ0) is 20.6. The van der Waals surface area contributed by atoms with E-state index < -0.39 is 5.72 Å². The van der Waals surface area contributed by atoms with Gasteiger partial charge in [-0.1, -0.05) is 72.3 Å². The topological polar surface area (TPSA) is 26.5 Å². The standard InChI is InChI=1S/C27H29N2O/c1-21-11-17-25(18-12-21)28-20-27(30,29-19-7-3-6-10-26(28)29)24-15-13-23(14-16-24)22-8-4-2-5-9-22/h2,4-5,8-9,11-18,30H,3,6-7,10,19-20H2,1H3/q+1/t27-/m1/s1. The molecule has 1 atom stereocenters. The van der Waals surface area contributed by atoms with Crippen LogP contribution in [0.1, 0.15) is 36.8 Å². The van der Waals surface area contributed by atoms with Gasteiger partial charge in [-0.25, -0.2) is 9.48 Å². The van der Waals surface area contributed by atoms with E-state index in [0.717, 1.165) is 24.9 Å². The highest BCUT2D eigenvalue weighted by atomic mass is 16.3. The quantitative estimate of drug-likeness (QED) is 0.606. The first-order chi connectivity index (χ1) is 14.6. The number of amidine groups is 1. The van der Waals surface area contributed by atoms with Crippen LogP contribution in [0.5, 0.6) is 0 Å². The van der Waals surface area contributed by atoms with Crippen LogP contribution in [-0.2, 0) is 5.72 Å². The van der Waals surface area contributed by atoms with E-state index in [-0.39, 0.29) is 0 Å². The molecule has 0 saturated carbocycles. The van der Waals surface area contributed by atoms with Gasteiger partial charge in [0.2, 0.25) is 0 Å². The van der Waals surface area contributed by atoms with Crippen molar-refractivity contribution in [1.82, 2.24) is 0 Å². The van der Waals surface area contributed by atoms with E-state index in [1.807, 2.05) is 6.07 Å². The summed E-state index contributed by atoms with van der Waals surface area (Å²) < 4.78 is 2.26. The summed E-state index contributed by atoms with van der Waals surface area (Å²) in [6.07, 6.45) is 4.52. The summed E-state index contributed by atoms with van der Waals surface area (Å²) in [6.45, 7) is 3.58. The van der Waals surface area contributed by atoms with Crippen molar-refractivity contribution in [3.8, 4) is 11.1 Å². The predicted octanol–water partition coefficient (Wildman–Crippen LogP) is 5.31. The van der Waals surface area contributed by atoms with E-state index in [2.05, 4.69) is 89.2 Å². The van der Waals surface area contributed by atoms with Crippen LogP contribution < -0.4 is 4.90 Å². The van der Waals surface area contributed by atoms with Gasteiger partial charge < -0.3 is 5.11 Å². The summed E-state index contributed by atoms with van der Waals surface area (Å²) in [4.78, 5) is 2.33. The molecule has 0 aliphatic carbocycles. The second-order valence-electron chi connectivity index (χ2n) is 8.56. The van der Waals surface area contributed by atoms with Crippen LogP contribution in [0.3, 0.4) is 0 Å². The highest BCUT2D eigenvalue weighted by molar-refractivity contribution is 5.95. The highest BCUT2D eigenvalue weighted by Crippen LogP contribution is 2.36. The van der Waals surface area contributed by atoms with Gasteiger partial charge in [0.1, 0.15) is 5.69 Å². The Labute approximate surface area is 178 Å². The molecule has 0 amide bonds. The molecule has 0 unspecified atom stereocenters. The van der Waals surface area contributed by atoms with E-state index in [1.54, 1.807) is 0 Å². The average molecular weight is 398 g/mol. The van der Waals surface area contributed by atoms with Crippen LogP contribution in [0.2, 0.25) is 0 Å². The molecule has 2 aliphatic heterocycles. The molecule has 3 aromatic carbocycles. The van der Waals surface area contributed by atoms with E-state index in [0.29, 0.717) is 6.54 Å². The fraction of sp³-hybridized carbons (Fsp3) is 0.296. The van der Waals surface area contributed by atoms with Gasteiger partial charge in [0.15, 0.2) is 6.54 Å². The van der Waals surface area contributed by atoms with Crippen molar-refractivity contribution in [2.75, 3.05) is 18.0 Å². The second kappa shape index (κ2) is 7.73. The molecule has 0 aromatic heterocycles. The van der Waals surface area contributed by atoms with Gasteiger partial charge in [0.25, 0.3) is 11.6 Å². The Kier molecular flexibility index (Phi) is 4.92. The Bertz CT molecular complexity index is 1050. The van der Waals surface area contributed by atoms with Crippen molar-refractivity contribution >= 4 is 11.5 Å². The van der Waals surface area contributed by atoms with Crippen LogP contribution in [-0.4, -0.2) is 28.6 Å². The number of hydrogen-bond acceptors (Lipinski definition) is 2. The Morgan fingerprint density at radius 2 is 1.50 bits per heavy atom.